The fraction of sp³-hybridized carbons (Fsp3) is 0.714. The Morgan fingerprint density at radius 2 is 1.89 bits per heavy atom. The second-order valence-electron chi connectivity index (χ2n) is 5.75. The maximum Gasteiger partial charge on any atom is 0.242 e. The third-order valence-electron chi connectivity index (χ3n) is 2.32. The second-order valence-corrected chi connectivity index (χ2v) is 5.75. The van der Waals surface area contributed by atoms with E-state index in [1.165, 1.54) is 0 Å². The molecule has 0 aliphatic carbocycles. The highest BCUT2D eigenvalue weighted by atomic mass is 16.5. The number of hydrogen-bond acceptors (Lipinski definition) is 3. The molecule has 0 rings (SSSR count). The molecule has 19 heavy (non-hydrogen) atoms. The van der Waals surface area contributed by atoms with E-state index < -0.39 is 11.5 Å². The molecule has 0 heterocycles. The molecule has 0 aromatic heterocycles. The first kappa shape index (κ1) is 17.6. The average molecular weight is 270 g/mol. The van der Waals surface area contributed by atoms with E-state index in [4.69, 9.17) is 4.74 Å². The van der Waals surface area contributed by atoms with Crippen LogP contribution in [0.4, 0.5) is 0 Å². The fourth-order valence-corrected chi connectivity index (χ4v) is 1.12. The van der Waals surface area contributed by atoms with E-state index in [2.05, 4.69) is 17.2 Å². The molecule has 5 nitrogen and oxygen atoms in total. The van der Waals surface area contributed by atoms with Gasteiger partial charge in [-0.25, -0.2) is 0 Å². The maximum atomic E-state index is 11.7. The normalized spacial score (nSPS) is 12.7. The third-order valence-corrected chi connectivity index (χ3v) is 2.32. The SMILES string of the molecule is C=C(C)COCCNC(=O)C(C)NC(=O)C(C)(C)C. The number of nitrogens with one attached hydrogen (secondary N) is 2. The van der Waals surface area contributed by atoms with E-state index in [0.29, 0.717) is 19.8 Å². The van der Waals surface area contributed by atoms with Gasteiger partial charge in [-0.3, -0.25) is 9.59 Å². The number of carbonyl (C=O) groups is 2. The lowest BCUT2D eigenvalue weighted by Gasteiger charge is -2.21. The van der Waals surface area contributed by atoms with Crippen LogP contribution in [-0.2, 0) is 14.3 Å². The summed E-state index contributed by atoms with van der Waals surface area (Å²) in [5, 5.41) is 5.38. The van der Waals surface area contributed by atoms with E-state index in [1.807, 2.05) is 6.92 Å². The van der Waals surface area contributed by atoms with Crippen molar-refractivity contribution in [2.45, 2.75) is 40.7 Å². The first-order chi connectivity index (χ1) is 8.64. The molecule has 0 fully saturated rings. The van der Waals surface area contributed by atoms with Gasteiger partial charge in [0.1, 0.15) is 6.04 Å². The fourth-order valence-electron chi connectivity index (χ4n) is 1.12. The zero-order valence-electron chi connectivity index (χ0n) is 12.6. The Morgan fingerprint density at radius 3 is 2.37 bits per heavy atom. The van der Waals surface area contributed by atoms with Gasteiger partial charge in [-0.1, -0.05) is 32.9 Å². The van der Waals surface area contributed by atoms with Crippen LogP contribution in [0, 0.1) is 5.41 Å². The van der Waals surface area contributed by atoms with Gasteiger partial charge in [-0.05, 0) is 13.8 Å². The summed E-state index contributed by atoms with van der Waals surface area (Å²) in [5.41, 5.74) is 0.441. The van der Waals surface area contributed by atoms with Crippen LogP contribution in [0.2, 0.25) is 0 Å². The second kappa shape index (κ2) is 7.94. The molecule has 110 valence electrons. The summed E-state index contributed by atoms with van der Waals surface area (Å²) < 4.78 is 5.26. The zero-order valence-corrected chi connectivity index (χ0v) is 12.6. The van der Waals surface area contributed by atoms with Gasteiger partial charge in [0.05, 0.1) is 13.2 Å². The summed E-state index contributed by atoms with van der Waals surface area (Å²) >= 11 is 0. The van der Waals surface area contributed by atoms with Gasteiger partial charge >= 0.3 is 0 Å². The van der Waals surface area contributed by atoms with Crippen molar-refractivity contribution in [1.82, 2.24) is 10.6 Å². The lowest BCUT2D eigenvalue weighted by Crippen LogP contribution is -2.48. The van der Waals surface area contributed by atoms with E-state index in [9.17, 15) is 9.59 Å². The summed E-state index contributed by atoms with van der Waals surface area (Å²) in [6.07, 6.45) is 0. The minimum atomic E-state index is -0.548. The quantitative estimate of drug-likeness (QED) is 0.540. The first-order valence-electron chi connectivity index (χ1n) is 6.45. The Balaban J connectivity index is 3.89. The van der Waals surface area contributed by atoms with Crippen LogP contribution in [0.3, 0.4) is 0 Å². The molecule has 1 atom stereocenters. The molecule has 5 heteroatoms. The van der Waals surface area contributed by atoms with Gasteiger partial charge in [-0.15, -0.1) is 0 Å². The molecular formula is C14H26N2O3. The van der Waals surface area contributed by atoms with E-state index in [-0.39, 0.29) is 11.8 Å². The highest BCUT2D eigenvalue weighted by Crippen LogP contribution is 2.12. The van der Waals surface area contributed by atoms with Gasteiger partial charge in [0.25, 0.3) is 0 Å². The Morgan fingerprint density at radius 1 is 1.32 bits per heavy atom. The molecule has 0 spiro atoms. The summed E-state index contributed by atoms with van der Waals surface area (Å²) in [6.45, 7) is 14.0. The van der Waals surface area contributed by atoms with Crippen LogP contribution in [-0.4, -0.2) is 37.6 Å². The van der Waals surface area contributed by atoms with Crippen molar-refractivity contribution in [3.63, 3.8) is 0 Å². The predicted octanol–water partition coefficient (Wildman–Crippen LogP) is 1.25. The number of amides is 2. The Kier molecular flexibility index (Phi) is 7.37. The molecule has 0 radical (unpaired) electrons. The Labute approximate surface area is 115 Å². The van der Waals surface area contributed by atoms with Gasteiger partial charge < -0.3 is 15.4 Å². The van der Waals surface area contributed by atoms with Crippen molar-refractivity contribution in [1.29, 1.82) is 0 Å². The molecule has 2 amide bonds. The molecule has 0 bridgehead atoms. The first-order valence-corrected chi connectivity index (χ1v) is 6.45. The predicted molar refractivity (Wildman–Crippen MR) is 75.7 cm³/mol. The molecule has 0 aliphatic heterocycles. The highest BCUT2D eigenvalue weighted by Gasteiger charge is 2.24. The summed E-state index contributed by atoms with van der Waals surface area (Å²) in [6, 6.07) is -0.548. The van der Waals surface area contributed by atoms with Gasteiger partial charge in [0.2, 0.25) is 11.8 Å². The molecule has 0 aromatic rings. The highest BCUT2D eigenvalue weighted by molar-refractivity contribution is 5.89. The standard InChI is InChI=1S/C14H26N2O3/c1-10(2)9-19-8-7-15-12(17)11(3)16-13(18)14(4,5)6/h11H,1,7-9H2,2-6H3,(H,15,17)(H,16,18). The number of ether oxygens (including phenoxy) is 1. The van der Waals surface area contributed by atoms with Crippen molar-refractivity contribution in [2.24, 2.45) is 5.41 Å². The number of carbonyl (C=O) groups excluding carboxylic acids is 2. The largest absolute Gasteiger partial charge is 0.375 e. The van der Waals surface area contributed by atoms with Crippen molar-refractivity contribution in [3.05, 3.63) is 12.2 Å². The van der Waals surface area contributed by atoms with Crippen LogP contribution >= 0.6 is 0 Å². The lowest BCUT2D eigenvalue weighted by atomic mass is 9.95. The van der Waals surface area contributed by atoms with Crippen molar-refractivity contribution in [2.75, 3.05) is 19.8 Å². The van der Waals surface area contributed by atoms with Crippen molar-refractivity contribution in [3.8, 4) is 0 Å². The number of rotatable bonds is 7. The number of hydrogen-bond donors (Lipinski definition) is 2. The van der Waals surface area contributed by atoms with Crippen LogP contribution in [0.15, 0.2) is 12.2 Å². The van der Waals surface area contributed by atoms with Gasteiger partial charge in [0, 0.05) is 12.0 Å². The minimum absolute atomic E-state index is 0.145. The topological polar surface area (TPSA) is 67.4 Å². The smallest absolute Gasteiger partial charge is 0.242 e. The van der Waals surface area contributed by atoms with Crippen LogP contribution in [0.1, 0.15) is 34.6 Å². The molecular weight excluding hydrogens is 244 g/mol. The van der Waals surface area contributed by atoms with E-state index >= 15 is 0 Å². The molecule has 1 unspecified atom stereocenters. The summed E-state index contributed by atoms with van der Waals surface area (Å²) in [4.78, 5) is 23.4. The van der Waals surface area contributed by atoms with Crippen molar-refractivity contribution >= 4 is 11.8 Å². The average Bonchev–Trinajstić information content (AvgIpc) is 2.26. The van der Waals surface area contributed by atoms with Crippen LogP contribution in [0.5, 0.6) is 0 Å². The maximum absolute atomic E-state index is 11.7. The molecule has 0 saturated heterocycles. The third kappa shape index (κ3) is 8.37. The van der Waals surface area contributed by atoms with E-state index in [0.717, 1.165) is 5.57 Å². The molecule has 0 saturated carbocycles. The summed E-state index contributed by atoms with van der Waals surface area (Å²) in [5.74, 6) is -0.356. The monoisotopic (exact) mass is 270 g/mol. The Hall–Kier alpha value is -1.36. The molecule has 0 aromatic carbocycles. The van der Waals surface area contributed by atoms with Gasteiger partial charge in [-0.2, -0.15) is 0 Å². The zero-order chi connectivity index (χ0) is 15.1. The van der Waals surface area contributed by atoms with E-state index in [1.54, 1.807) is 27.7 Å². The Bertz CT molecular complexity index is 332. The van der Waals surface area contributed by atoms with Crippen LogP contribution in [0.25, 0.3) is 0 Å². The molecule has 2 N–H and O–H groups in total. The molecule has 0 aliphatic rings. The van der Waals surface area contributed by atoms with Crippen LogP contribution < -0.4 is 10.6 Å². The lowest BCUT2D eigenvalue weighted by molar-refractivity contribution is -0.133. The van der Waals surface area contributed by atoms with Gasteiger partial charge in [0.15, 0.2) is 0 Å². The minimum Gasteiger partial charge on any atom is -0.375 e. The van der Waals surface area contributed by atoms with Crippen molar-refractivity contribution < 1.29 is 14.3 Å². The summed E-state index contributed by atoms with van der Waals surface area (Å²) in [7, 11) is 0.